The summed E-state index contributed by atoms with van der Waals surface area (Å²) in [7, 11) is 0. The summed E-state index contributed by atoms with van der Waals surface area (Å²) in [5, 5.41) is 8.82. The Morgan fingerprint density at radius 2 is 1.43 bits per heavy atom. The maximum absolute atomic E-state index is 12.7. The van der Waals surface area contributed by atoms with Gasteiger partial charge in [-0.2, -0.15) is 0 Å². The maximum atomic E-state index is 12.7. The third-order valence-corrected chi connectivity index (χ3v) is 6.58. The zero-order valence-corrected chi connectivity index (χ0v) is 21.4. The van der Waals surface area contributed by atoms with Crippen molar-refractivity contribution in [2.75, 3.05) is 30.3 Å². The highest BCUT2D eigenvalue weighted by molar-refractivity contribution is 6.06. The molecule has 1 aliphatic heterocycles. The summed E-state index contributed by atoms with van der Waals surface area (Å²) in [6, 6.07) is 17.4. The van der Waals surface area contributed by atoms with Crippen molar-refractivity contribution in [2.45, 2.75) is 39.3 Å². The molecule has 1 unspecified atom stereocenters. The molecular weight excluding hydrogens is 466 g/mol. The van der Waals surface area contributed by atoms with Crippen LogP contribution in [0.1, 0.15) is 57.8 Å². The number of amides is 3. The topological polar surface area (TPSA) is 94.4 Å². The number of carbonyl (C=O) groups excluding carboxylic acids is 3. The second-order valence-corrected chi connectivity index (χ2v) is 9.19. The van der Waals surface area contributed by atoms with Gasteiger partial charge in [0.2, 0.25) is 0 Å². The van der Waals surface area contributed by atoms with Gasteiger partial charge in [0.05, 0.1) is 0 Å². The first kappa shape index (κ1) is 26.0. The van der Waals surface area contributed by atoms with Gasteiger partial charge in [-0.1, -0.05) is 6.92 Å². The fourth-order valence-corrected chi connectivity index (χ4v) is 4.40. The monoisotopic (exact) mass is 500 g/mol. The van der Waals surface area contributed by atoms with Gasteiger partial charge in [-0.25, -0.2) is 4.57 Å². The second-order valence-electron chi connectivity index (χ2n) is 9.19. The Morgan fingerprint density at radius 3 is 2.03 bits per heavy atom. The molecule has 0 radical (unpaired) electrons. The zero-order chi connectivity index (χ0) is 26.2. The molecule has 2 heterocycles. The van der Waals surface area contributed by atoms with Crippen molar-refractivity contribution in [3.8, 4) is 0 Å². The van der Waals surface area contributed by atoms with Crippen LogP contribution in [0, 0.1) is 0 Å². The molecule has 3 amide bonds. The Labute approximate surface area is 217 Å². The minimum absolute atomic E-state index is 0.0986. The lowest BCUT2D eigenvalue weighted by Crippen LogP contribution is -2.47. The summed E-state index contributed by atoms with van der Waals surface area (Å²) in [5.41, 5.74) is 2.78. The molecule has 1 atom stereocenters. The number of likely N-dealkylation sites (tertiary alicyclic amines) is 1. The molecule has 1 aromatic heterocycles. The van der Waals surface area contributed by atoms with E-state index in [2.05, 4.69) is 27.8 Å². The molecular formula is C29H34N5O3+. The largest absolute Gasteiger partial charge is 0.348 e. The average molecular weight is 501 g/mol. The van der Waals surface area contributed by atoms with E-state index in [1.807, 2.05) is 23.8 Å². The molecule has 192 valence electrons. The second kappa shape index (κ2) is 12.3. The number of benzene rings is 2. The molecule has 1 aliphatic rings. The van der Waals surface area contributed by atoms with Crippen LogP contribution in [0.3, 0.4) is 0 Å². The van der Waals surface area contributed by atoms with Gasteiger partial charge in [-0.15, -0.1) is 0 Å². The number of piperidine rings is 1. The van der Waals surface area contributed by atoms with Crippen molar-refractivity contribution in [2.24, 2.45) is 0 Å². The number of pyridine rings is 1. The van der Waals surface area contributed by atoms with Gasteiger partial charge >= 0.3 is 0 Å². The number of carbonyl (C=O) groups is 3. The van der Waals surface area contributed by atoms with Crippen LogP contribution in [0.25, 0.3) is 0 Å². The molecule has 4 rings (SSSR count). The number of aromatic nitrogens is 1. The molecule has 0 spiro atoms. The third-order valence-electron chi connectivity index (χ3n) is 6.58. The SMILES string of the molecule is CCN1CCCC(NC(=O)c2ccc(NC(=O)c3ccc(NC(=O)c4ccc[n+](CC)c4)cc3)cc2)C1. The molecule has 0 saturated carbocycles. The lowest BCUT2D eigenvalue weighted by atomic mass is 10.0. The van der Waals surface area contributed by atoms with E-state index < -0.39 is 0 Å². The van der Waals surface area contributed by atoms with E-state index >= 15 is 0 Å². The fourth-order valence-electron chi connectivity index (χ4n) is 4.40. The fraction of sp³-hybridized carbons (Fsp3) is 0.310. The van der Waals surface area contributed by atoms with Crippen LogP contribution in [-0.2, 0) is 6.54 Å². The molecule has 3 N–H and O–H groups in total. The summed E-state index contributed by atoms with van der Waals surface area (Å²) in [4.78, 5) is 40.2. The maximum Gasteiger partial charge on any atom is 0.261 e. The van der Waals surface area contributed by atoms with Crippen molar-refractivity contribution in [3.63, 3.8) is 0 Å². The summed E-state index contributed by atoms with van der Waals surface area (Å²) >= 11 is 0. The average Bonchev–Trinajstić information content (AvgIpc) is 2.94. The first-order valence-corrected chi connectivity index (χ1v) is 12.8. The van der Waals surface area contributed by atoms with E-state index in [0.717, 1.165) is 39.0 Å². The molecule has 1 fully saturated rings. The Kier molecular flexibility index (Phi) is 8.64. The van der Waals surface area contributed by atoms with Gasteiger partial charge in [0.1, 0.15) is 12.1 Å². The van der Waals surface area contributed by atoms with E-state index in [9.17, 15) is 14.4 Å². The number of aryl methyl sites for hydroxylation is 1. The lowest BCUT2D eigenvalue weighted by molar-refractivity contribution is -0.693. The van der Waals surface area contributed by atoms with Crippen LogP contribution in [0.5, 0.6) is 0 Å². The molecule has 0 bridgehead atoms. The van der Waals surface area contributed by atoms with Crippen LogP contribution >= 0.6 is 0 Å². The highest BCUT2D eigenvalue weighted by Gasteiger charge is 2.21. The predicted molar refractivity (Wildman–Crippen MR) is 144 cm³/mol. The van der Waals surface area contributed by atoms with E-state index in [0.29, 0.717) is 28.1 Å². The van der Waals surface area contributed by atoms with Gasteiger partial charge in [0.25, 0.3) is 17.7 Å². The van der Waals surface area contributed by atoms with E-state index in [-0.39, 0.29) is 23.8 Å². The third kappa shape index (κ3) is 7.01. The Bertz CT molecular complexity index is 1240. The number of hydrogen-bond donors (Lipinski definition) is 3. The smallest absolute Gasteiger partial charge is 0.261 e. The summed E-state index contributed by atoms with van der Waals surface area (Å²) in [5.74, 6) is -0.585. The van der Waals surface area contributed by atoms with Crippen molar-refractivity contribution >= 4 is 29.1 Å². The highest BCUT2D eigenvalue weighted by atomic mass is 16.2. The number of nitrogens with zero attached hydrogens (tertiary/aromatic N) is 2. The van der Waals surface area contributed by atoms with Crippen LogP contribution in [-0.4, -0.2) is 48.3 Å². The number of hydrogen-bond acceptors (Lipinski definition) is 4. The Hall–Kier alpha value is -4.04. The first-order chi connectivity index (χ1) is 17.9. The van der Waals surface area contributed by atoms with Crippen LogP contribution < -0.4 is 20.5 Å². The summed E-state index contributed by atoms with van der Waals surface area (Å²) in [6.45, 7) is 7.88. The lowest BCUT2D eigenvalue weighted by Gasteiger charge is -2.32. The Balaban J connectivity index is 1.30. The minimum Gasteiger partial charge on any atom is -0.348 e. The normalized spacial score (nSPS) is 15.6. The van der Waals surface area contributed by atoms with Crippen molar-refractivity contribution in [1.29, 1.82) is 0 Å². The highest BCUT2D eigenvalue weighted by Crippen LogP contribution is 2.16. The van der Waals surface area contributed by atoms with Crippen LogP contribution in [0.4, 0.5) is 11.4 Å². The molecule has 1 saturated heterocycles. The number of likely N-dealkylation sites (N-methyl/N-ethyl adjacent to an activating group) is 1. The predicted octanol–water partition coefficient (Wildman–Crippen LogP) is 3.71. The first-order valence-electron chi connectivity index (χ1n) is 12.8. The number of nitrogens with one attached hydrogen (secondary N) is 3. The molecule has 2 aromatic carbocycles. The molecule has 37 heavy (non-hydrogen) atoms. The minimum atomic E-state index is -0.274. The Morgan fingerprint density at radius 1 is 0.838 bits per heavy atom. The van der Waals surface area contributed by atoms with Gasteiger partial charge in [0, 0.05) is 41.2 Å². The standard InChI is InChI=1S/C29H33N5O3/c1-3-33-17-5-7-23(19-33)29(37)31-25-15-9-21(10-16-25)27(35)30-24-13-11-22(12-14-24)28(36)32-26-8-6-18-34(4-2)20-26/h5,7,9-17,19,26H,3-4,6,8,18,20H2,1-2H3,(H2-,30,31,32,35,36,37)/p+1. The van der Waals surface area contributed by atoms with E-state index in [1.54, 1.807) is 60.8 Å². The number of anilines is 2. The quantitative estimate of drug-likeness (QED) is 0.411. The van der Waals surface area contributed by atoms with Crippen LogP contribution in [0.15, 0.2) is 73.1 Å². The van der Waals surface area contributed by atoms with E-state index in [4.69, 9.17) is 0 Å². The van der Waals surface area contributed by atoms with Crippen molar-refractivity contribution in [3.05, 3.63) is 89.7 Å². The van der Waals surface area contributed by atoms with Gasteiger partial charge < -0.3 is 20.9 Å². The molecule has 3 aromatic rings. The molecule has 8 nitrogen and oxygen atoms in total. The zero-order valence-electron chi connectivity index (χ0n) is 21.4. The number of rotatable bonds is 8. The summed E-state index contributed by atoms with van der Waals surface area (Å²) in [6.07, 6.45) is 5.78. The van der Waals surface area contributed by atoms with Gasteiger partial charge in [0.15, 0.2) is 12.4 Å². The van der Waals surface area contributed by atoms with Gasteiger partial charge in [-0.05, 0) is 87.5 Å². The van der Waals surface area contributed by atoms with E-state index in [1.165, 1.54) is 0 Å². The molecule has 0 aliphatic carbocycles. The van der Waals surface area contributed by atoms with Crippen molar-refractivity contribution < 1.29 is 19.0 Å². The summed E-state index contributed by atoms with van der Waals surface area (Å²) < 4.78 is 1.93. The van der Waals surface area contributed by atoms with Crippen LogP contribution in [0.2, 0.25) is 0 Å². The molecule has 8 heteroatoms. The van der Waals surface area contributed by atoms with Crippen molar-refractivity contribution in [1.82, 2.24) is 10.2 Å². The van der Waals surface area contributed by atoms with Gasteiger partial charge in [-0.3, -0.25) is 14.4 Å².